The van der Waals surface area contributed by atoms with Gasteiger partial charge in [-0.3, -0.25) is 4.79 Å². The van der Waals surface area contributed by atoms with E-state index in [4.69, 9.17) is 0 Å². The molecule has 2 nitrogen and oxygen atoms in total. The van der Waals surface area contributed by atoms with E-state index >= 15 is 0 Å². The number of nitrogens with zero attached hydrogens (tertiary/aromatic N) is 1. The molecule has 0 spiro atoms. The summed E-state index contributed by atoms with van der Waals surface area (Å²) in [5.41, 5.74) is 2.53. The Morgan fingerprint density at radius 1 is 1.00 bits per heavy atom. The van der Waals surface area contributed by atoms with Crippen molar-refractivity contribution in [1.29, 1.82) is 0 Å². The van der Waals surface area contributed by atoms with Gasteiger partial charge in [-0.25, -0.2) is 0 Å². The molecule has 0 aromatic heterocycles. The van der Waals surface area contributed by atoms with Crippen LogP contribution in [-0.2, 0) is 0 Å². The van der Waals surface area contributed by atoms with Crippen LogP contribution in [0.2, 0.25) is 0 Å². The lowest BCUT2D eigenvalue weighted by Crippen LogP contribution is -2.19. The number of carbonyl (C=O) groups is 1. The monoisotopic (exact) mass is 271 g/mol. The van der Waals surface area contributed by atoms with Gasteiger partial charge in [0.25, 0.3) is 0 Å². The van der Waals surface area contributed by atoms with Crippen molar-refractivity contribution in [3.63, 3.8) is 0 Å². The molecule has 2 aromatic rings. The molecule has 2 aromatic carbocycles. The second-order valence-electron chi connectivity index (χ2n) is 4.39. The van der Waals surface area contributed by atoms with Gasteiger partial charge in [0.15, 0.2) is 5.78 Å². The Bertz CT molecular complexity index is 536. The van der Waals surface area contributed by atoms with Crippen molar-refractivity contribution in [1.82, 2.24) is 0 Å². The molecule has 0 saturated carbocycles. The molecule has 0 amide bonds. The standard InChI is InChI=1S/C16H17NOS/c1-17(11-12-19)15-9-7-14(8-10-15)16(18)13-5-3-2-4-6-13/h2-10,19H,11-12H2,1H3. The molecule has 0 unspecified atom stereocenters. The maximum absolute atomic E-state index is 12.2. The van der Waals surface area contributed by atoms with Gasteiger partial charge in [-0.2, -0.15) is 12.6 Å². The SMILES string of the molecule is CN(CCS)c1ccc(C(=O)c2ccccc2)cc1. The lowest BCUT2D eigenvalue weighted by molar-refractivity contribution is 0.103. The lowest BCUT2D eigenvalue weighted by Gasteiger charge is -2.18. The highest BCUT2D eigenvalue weighted by atomic mass is 32.1. The highest BCUT2D eigenvalue weighted by Gasteiger charge is 2.08. The second-order valence-corrected chi connectivity index (χ2v) is 4.83. The van der Waals surface area contributed by atoms with E-state index < -0.39 is 0 Å². The fourth-order valence-electron chi connectivity index (χ4n) is 1.90. The molecule has 0 atom stereocenters. The molecule has 0 aliphatic carbocycles. The van der Waals surface area contributed by atoms with Gasteiger partial charge < -0.3 is 4.90 Å². The number of hydrogen-bond acceptors (Lipinski definition) is 3. The van der Waals surface area contributed by atoms with Gasteiger partial charge in [0, 0.05) is 36.2 Å². The molecule has 0 aliphatic rings. The van der Waals surface area contributed by atoms with Crippen LogP contribution in [0.3, 0.4) is 0 Å². The van der Waals surface area contributed by atoms with E-state index in [1.54, 1.807) is 0 Å². The second kappa shape index (κ2) is 6.43. The number of rotatable bonds is 5. The fourth-order valence-corrected chi connectivity index (χ4v) is 2.20. The predicted molar refractivity (Wildman–Crippen MR) is 83.4 cm³/mol. The van der Waals surface area contributed by atoms with Crippen LogP contribution in [-0.4, -0.2) is 25.1 Å². The molecule has 2 rings (SSSR count). The molecule has 0 radical (unpaired) electrons. The summed E-state index contributed by atoms with van der Waals surface area (Å²) in [4.78, 5) is 14.3. The average Bonchev–Trinajstić information content (AvgIpc) is 2.48. The van der Waals surface area contributed by atoms with Crippen molar-refractivity contribution in [3.8, 4) is 0 Å². The minimum atomic E-state index is 0.0593. The lowest BCUT2D eigenvalue weighted by atomic mass is 10.0. The van der Waals surface area contributed by atoms with Crippen LogP contribution < -0.4 is 4.90 Å². The van der Waals surface area contributed by atoms with Crippen molar-refractivity contribution < 1.29 is 4.79 Å². The first-order valence-electron chi connectivity index (χ1n) is 6.24. The van der Waals surface area contributed by atoms with E-state index in [1.807, 2.05) is 61.6 Å². The Balaban J connectivity index is 2.17. The summed E-state index contributed by atoms with van der Waals surface area (Å²) in [5.74, 6) is 0.866. The minimum Gasteiger partial charge on any atom is -0.374 e. The van der Waals surface area contributed by atoms with Crippen molar-refractivity contribution in [3.05, 3.63) is 65.7 Å². The topological polar surface area (TPSA) is 20.3 Å². The Labute approximate surface area is 119 Å². The minimum absolute atomic E-state index is 0.0593. The summed E-state index contributed by atoms with van der Waals surface area (Å²) < 4.78 is 0. The van der Waals surface area contributed by atoms with Crippen molar-refractivity contribution in [2.75, 3.05) is 24.2 Å². The maximum atomic E-state index is 12.2. The van der Waals surface area contributed by atoms with Crippen molar-refractivity contribution in [2.24, 2.45) is 0 Å². The molecule has 0 aliphatic heterocycles. The van der Waals surface area contributed by atoms with E-state index in [9.17, 15) is 4.79 Å². The summed E-state index contributed by atoms with van der Waals surface area (Å²) in [6, 6.07) is 17.0. The number of ketones is 1. The number of hydrogen-bond donors (Lipinski definition) is 1. The zero-order valence-electron chi connectivity index (χ0n) is 10.9. The third kappa shape index (κ3) is 3.38. The van der Waals surface area contributed by atoms with E-state index in [2.05, 4.69) is 17.5 Å². The molecule has 19 heavy (non-hydrogen) atoms. The fraction of sp³-hybridized carbons (Fsp3) is 0.188. The van der Waals surface area contributed by atoms with E-state index in [1.165, 1.54) is 0 Å². The van der Waals surface area contributed by atoms with Crippen LogP contribution in [0, 0.1) is 0 Å². The number of carbonyl (C=O) groups excluding carboxylic acids is 1. The maximum Gasteiger partial charge on any atom is 0.193 e. The Hall–Kier alpha value is -1.74. The number of benzene rings is 2. The normalized spacial score (nSPS) is 10.2. The van der Waals surface area contributed by atoms with Gasteiger partial charge in [0.05, 0.1) is 0 Å². The molecule has 0 fully saturated rings. The van der Waals surface area contributed by atoms with Gasteiger partial charge in [-0.15, -0.1) is 0 Å². The summed E-state index contributed by atoms with van der Waals surface area (Å²) in [6.07, 6.45) is 0. The van der Waals surface area contributed by atoms with E-state index in [-0.39, 0.29) is 5.78 Å². The van der Waals surface area contributed by atoms with Crippen LogP contribution in [0.25, 0.3) is 0 Å². The van der Waals surface area contributed by atoms with Crippen molar-refractivity contribution in [2.45, 2.75) is 0 Å². The van der Waals surface area contributed by atoms with E-state index in [0.717, 1.165) is 23.5 Å². The Kier molecular flexibility index (Phi) is 4.63. The molecular weight excluding hydrogens is 254 g/mol. The first kappa shape index (κ1) is 13.7. The molecule has 3 heteroatoms. The average molecular weight is 271 g/mol. The summed E-state index contributed by atoms with van der Waals surface area (Å²) in [6.45, 7) is 0.884. The molecule has 98 valence electrons. The van der Waals surface area contributed by atoms with Gasteiger partial charge in [0.2, 0.25) is 0 Å². The van der Waals surface area contributed by atoms with Crippen LogP contribution in [0.5, 0.6) is 0 Å². The quantitative estimate of drug-likeness (QED) is 0.665. The summed E-state index contributed by atoms with van der Waals surface area (Å²) in [5, 5.41) is 0. The van der Waals surface area contributed by atoms with Gasteiger partial charge in [0.1, 0.15) is 0 Å². The first-order valence-corrected chi connectivity index (χ1v) is 6.87. The van der Waals surface area contributed by atoms with Crippen LogP contribution >= 0.6 is 12.6 Å². The molecule has 0 heterocycles. The van der Waals surface area contributed by atoms with Crippen molar-refractivity contribution >= 4 is 24.1 Å². The predicted octanol–water partition coefficient (Wildman–Crippen LogP) is 3.28. The Morgan fingerprint density at radius 3 is 2.16 bits per heavy atom. The smallest absolute Gasteiger partial charge is 0.193 e. The summed E-state index contributed by atoms with van der Waals surface area (Å²) in [7, 11) is 2.02. The zero-order chi connectivity index (χ0) is 13.7. The van der Waals surface area contributed by atoms with Crippen LogP contribution in [0.1, 0.15) is 15.9 Å². The van der Waals surface area contributed by atoms with Crippen LogP contribution in [0.15, 0.2) is 54.6 Å². The third-order valence-electron chi connectivity index (χ3n) is 3.04. The van der Waals surface area contributed by atoms with Gasteiger partial charge in [-0.05, 0) is 24.3 Å². The number of thiol groups is 1. The van der Waals surface area contributed by atoms with E-state index in [0.29, 0.717) is 5.56 Å². The third-order valence-corrected chi connectivity index (χ3v) is 3.24. The molecule has 0 bridgehead atoms. The molecular formula is C16H17NOS. The highest BCUT2D eigenvalue weighted by molar-refractivity contribution is 7.80. The highest BCUT2D eigenvalue weighted by Crippen LogP contribution is 2.16. The largest absolute Gasteiger partial charge is 0.374 e. The molecule has 0 N–H and O–H groups in total. The Morgan fingerprint density at radius 2 is 1.58 bits per heavy atom. The zero-order valence-corrected chi connectivity index (χ0v) is 11.8. The summed E-state index contributed by atoms with van der Waals surface area (Å²) >= 11 is 4.22. The number of anilines is 1. The first-order chi connectivity index (χ1) is 9.22. The van der Waals surface area contributed by atoms with Gasteiger partial charge in [-0.1, -0.05) is 30.3 Å². The molecule has 0 saturated heterocycles. The van der Waals surface area contributed by atoms with Crippen LogP contribution in [0.4, 0.5) is 5.69 Å². The van der Waals surface area contributed by atoms with Gasteiger partial charge >= 0.3 is 0 Å².